The van der Waals surface area contributed by atoms with Gasteiger partial charge in [-0.15, -0.1) is 23.5 Å². The molecular formula is C49H54O7S2. The Morgan fingerprint density at radius 3 is 1.52 bits per heavy atom. The van der Waals surface area contributed by atoms with Crippen LogP contribution < -0.4 is 4.74 Å². The third-order valence-electron chi connectivity index (χ3n) is 9.75. The fraction of sp³-hybridized carbons (Fsp3) is 0.408. The molecule has 0 atom stereocenters. The molecule has 2 aliphatic heterocycles. The number of carbonyl (C=O) groups excluding carboxylic acids is 1. The average Bonchev–Trinajstić information content (AvgIpc) is 3.23. The molecule has 0 amide bonds. The van der Waals surface area contributed by atoms with Gasteiger partial charge in [0.2, 0.25) is 0 Å². The van der Waals surface area contributed by atoms with Gasteiger partial charge in [-0.1, -0.05) is 49.7 Å². The van der Waals surface area contributed by atoms with E-state index < -0.39 is 5.97 Å². The molecule has 0 N–H and O–H groups in total. The lowest BCUT2D eigenvalue weighted by Gasteiger charge is -2.37. The number of hydrogen-bond acceptors (Lipinski definition) is 9. The first-order chi connectivity index (χ1) is 28.3. The molecule has 0 saturated carbocycles. The van der Waals surface area contributed by atoms with Crippen LogP contribution in [0.2, 0.25) is 0 Å². The van der Waals surface area contributed by atoms with Crippen molar-refractivity contribution in [3.8, 4) is 29.4 Å². The number of hydrogen-bond donors (Lipinski definition) is 0. The summed E-state index contributed by atoms with van der Waals surface area (Å²) in [5, 5.41) is 0. The monoisotopic (exact) mass is 818 g/mol. The Labute approximate surface area is 353 Å². The summed E-state index contributed by atoms with van der Waals surface area (Å²) in [7, 11) is 1.37. The molecule has 304 valence electrons. The molecule has 2 fully saturated rings. The normalized spacial score (nSPS) is 14.8. The number of rotatable bonds is 20. The highest BCUT2D eigenvalue weighted by molar-refractivity contribution is 7.99. The SMILES string of the molecule is COC(=O)c1cc(C#Cc2ccc(SCCCCOCC3(C)COC3)cc2)ccc1OCc1ccc(C#Cc2ccc(SCCCCOCC3(C)COC3)cc2)cc1. The number of methoxy groups -OCH3 is 1. The van der Waals surface area contributed by atoms with Crippen LogP contribution in [0.4, 0.5) is 0 Å². The van der Waals surface area contributed by atoms with Gasteiger partial charge in [0.05, 0.1) is 46.8 Å². The van der Waals surface area contributed by atoms with Gasteiger partial charge < -0.3 is 28.4 Å². The van der Waals surface area contributed by atoms with E-state index in [1.807, 2.05) is 66.0 Å². The van der Waals surface area contributed by atoms with Crippen molar-refractivity contribution in [1.82, 2.24) is 0 Å². The average molecular weight is 819 g/mol. The van der Waals surface area contributed by atoms with E-state index in [1.54, 1.807) is 12.1 Å². The van der Waals surface area contributed by atoms with Crippen molar-refractivity contribution in [3.63, 3.8) is 0 Å². The summed E-state index contributed by atoms with van der Waals surface area (Å²) in [4.78, 5) is 15.2. The van der Waals surface area contributed by atoms with Crippen molar-refractivity contribution in [2.45, 2.75) is 55.9 Å². The fourth-order valence-electron chi connectivity index (χ4n) is 6.10. The van der Waals surface area contributed by atoms with Crippen LogP contribution in [0.3, 0.4) is 0 Å². The highest BCUT2D eigenvalue weighted by Gasteiger charge is 2.34. The lowest BCUT2D eigenvalue weighted by Crippen LogP contribution is -2.43. The molecule has 0 aromatic heterocycles. The second-order valence-electron chi connectivity index (χ2n) is 15.6. The van der Waals surface area contributed by atoms with Gasteiger partial charge >= 0.3 is 5.97 Å². The zero-order chi connectivity index (χ0) is 40.5. The Hall–Kier alpha value is -4.19. The molecular weight excluding hydrogens is 765 g/mol. The summed E-state index contributed by atoms with van der Waals surface area (Å²) in [6.45, 7) is 11.1. The summed E-state index contributed by atoms with van der Waals surface area (Å²) in [5.41, 5.74) is 5.22. The van der Waals surface area contributed by atoms with Gasteiger partial charge in [-0.3, -0.25) is 0 Å². The minimum atomic E-state index is -0.475. The molecule has 6 rings (SSSR count). The van der Waals surface area contributed by atoms with E-state index in [9.17, 15) is 4.79 Å². The first-order valence-electron chi connectivity index (χ1n) is 20.0. The largest absolute Gasteiger partial charge is 0.488 e. The van der Waals surface area contributed by atoms with E-state index in [1.165, 1.54) is 16.9 Å². The maximum atomic E-state index is 12.7. The number of benzene rings is 4. The number of unbranched alkanes of at least 4 members (excludes halogenated alkanes) is 2. The molecule has 2 heterocycles. The minimum absolute atomic E-state index is 0.212. The topological polar surface area (TPSA) is 72.5 Å². The second-order valence-corrected chi connectivity index (χ2v) is 17.9. The van der Waals surface area contributed by atoms with Gasteiger partial charge in [-0.25, -0.2) is 4.79 Å². The zero-order valence-corrected chi connectivity index (χ0v) is 35.6. The standard InChI is InChI=1S/C49H54O7S2/c1-48(34-54-35-48)32-52-26-4-6-28-57-43-21-16-39(17-22-43)9-8-38-11-14-42(15-12-38)31-56-46-25-20-41(30-45(46)47(50)51-3)13-10-40-18-23-44(24-19-40)58-29-7-5-27-53-33-49(2)36-55-37-49/h11-12,14-25,30H,4-7,26-29,31-37H2,1-3H3. The summed E-state index contributed by atoms with van der Waals surface area (Å²) < 4.78 is 33.4. The van der Waals surface area contributed by atoms with Crippen molar-refractivity contribution < 1.29 is 33.2 Å². The molecule has 0 unspecified atom stereocenters. The molecule has 4 aromatic rings. The maximum absolute atomic E-state index is 12.7. The van der Waals surface area contributed by atoms with Crippen LogP contribution in [0.5, 0.6) is 5.75 Å². The third-order valence-corrected chi connectivity index (χ3v) is 11.9. The molecule has 2 saturated heterocycles. The van der Waals surface area contributed by atoms with Crippen LogP contribution in [0, 0.1) is 34.5 Å². The van der Waals surface area contributed by atoms with Gasteiger partial charge in [0.25, 0.3) is 0 Å². The Balaban J connectivity index is 0.912. The minimum Gasteiger partial charge on any atom is -0.488 e. The van der Waals surface area contributed by atoms with Crippen molar-refractivity contribution in [1.29, 1.82) is 0 Å². The summed E-state index contributed by atoms with van der Waals surface area (Å²) in [6.07, 6.45) is 4.36. The van der Waals surface area contributed by atoms with E-state index in [0.29, 0.717) is 16.9 Å². The molecule has 0 bridgehead atoms. The van der Waals surface area contributed by atoms with Crippen LogP contribution in [0.15, 0.2) is 101 Å². The van der Waals surface area contributed by atoms with Crippen molar-refractivity contribution in [3.05, 3.63) is 124 Å². The predicted octanol–water partition coefficient (Wildman–Crippen LogP) is 9.70. The van der Waals surface area contributed by atoms with Crippen molar-refractivity contribution >= 4 is 29.5 Å². The highest BCUT2D eigenvalue weighted by atomic mass is 32.2. The van der Waals surface area contributed by atoms with Gasteiger partial charge in [0.15, 0.2) is 0 Å². The molecule has 2 aliphatic rings. The van der Waals surface area contributed by atoms with Crippen LogP contribution in [-0.2, 0) is 30.3 Å². The van der Waals surface area contributed by atoms with E-state index in [-0.39, 0.29) is 17.4 Å². The van der Waals surface area contributed by atoms with Gasteiger partial charge in [-0.2, -0.15) is 0 Å². The maximum Gasteiger partial charge on any atom is 0.341 e. The van der Waals surface area contributed by atoms with Crippen LogP contribution in [0.25, 0.3) is 0 Å². The van der Waals surface area contributed by atoms with E-state index in [2.05, 4.69) is 73.9 Å². The number of thioether (sulfide) groups is 2. The van der Waals surface area contributed by atoms with Crippen LogP contribution in [0.1, 0.15) is 77.7 Å². The Bertz CT molecular complexity index is 2030. The van der Waals surface area contributed by atoms with E-state index in [4.69, 9.17) is 28.4 Å². The van der Waals surface area contributed by atoms with Crippen LogP contribution >= 0.6 is 23.5 Å². The Morgan fingerprint density at radius 2 is 1.07 bits per heavy atom. The van der Waals surface area contributed by atoms with Gasteiger partial charge in [0, 0.05) is 56.1 Å². The van der Waals surface area contributed by atoms with Crippen molar-refractivity contribution in [2.24, 2.45) is 10.8 Å². The first kappa shape index (κ1) is 43.4. The van der Waals surface area contributed by atoms with Crippen LogP contribution in [-0.4, -0.2) is 77.4 Å². The first-order valence-corrected chi connectivity index (χ1v) is 22.0. The zero-order valence-electron chi connectivity index (χ0n) is 33.9. The number of carbonyl (C=O) groups is 1. The van der Waals surface area contributed by atoms with E-state index >= 15 is 0 Å². The van der Waals surface area contributed by atoms with Gasteiger partial charge in [0.1, 0.15) is 17.9 Å². The lowest BCUT2D eigenvalue weighted by molar-refractivity contribution is -0.137. The molecule has 58 heavy (non-hydrogen) atoms. The van der Waals surface area contributed by atoms with E-state index in [0.717, 1.165) is 112 Å². The second kappa shape index (κ2) is 22.3. The Morgan fingerprint density at radius 1 is 0.621 bits per heavy atom. The fourth-order valence-corrected chi connectivity index (χ4v) is 7.93. The van der Waals surface area contributed by atoms with Gasteiger partial charge in [-0.05, 0) is 122 Å². The molecule has 0 radical (unpaired) electrons. The predicted molar refractivity (Wildman–Crippen MR) is 233 cm³/mol. The molecule has 0 spiro atoms. The van der Waals surface area contributed by atoms with Crippen molar-refractivity contribution in [2.75, 3.05) is 71.5 Å². The lowest BCUT2D eigenvalue weighted by atomic mass is 9.90. The smallest absolute Gasteiger partial charge is 0.341 e. The number of ether oxygens (including phenoxy) is 6. The summed E-state index contributed by atoms with van der Waals surface area (Å²) >= 11 is 3.71. The molecule has 0 aliphatic carbocycles. The molecule has 7 nitrogen and oxygen atoms in total. The molecule has 9 heteroatoms. The third kappa shape index (κ3) is 14.0. The number of esters is 1. The quantitative estimate of drug-likeness (QED) is 0.0375. The highest BCUT2D eigenvalue weighted by Crippen LogP contribution is 2.28. The Kier molecular flexibility index (Phi) is 16.6. The summed E-state index contributed by atoms with van der Waals surface area (Å²) in [6, 6.07) is 30.0. The molecule has 4 aromatic carbocycles. The summed E-state index contributed by atoms with van der Waals surface area (Å²) in [5.74, 6) is 15.0.